The lowest BCUT2D eigenvalue weighted by atomic mass is 10.2. The van der Waals surface area contributed by atoms with E-state index in [2.05, 4.69) is 137 Å². The van der Waals surface area contributed by atoms with Gasteiger partial charge in [0.1, 0.15) is 17.9 Å². The second-order valence-electron chi connectivity index (χ2n) is 6.93. The Morgan fingerprint density at radius 1 is 0.552 bits per heavy atom. The summed E-state index contributed by atoms with van der Waals surface area (Å²) in [6.45, 7) is 0. The van der Waals surface area contributed by atoms with Crippen LogP contribution in [0.4, 0.5) is 0 Å². The van der Waals surface area contributed by atoms with E-state index in [0.717, 1.165) is 6.16 Å². The molecule has 4 rings (SSSR count). The Morgan fingerprint density at radius 3 is 1.38 bits per heavy atom. The van der Waals surface area contributed by atoms with E-state index < -0.39 is 7.26 Å². The summed E-state index contributed by atoms with van der Waals surface area (Å²) >= 11 is 4.19. The van der Waals surface area contributed by atoms with Gasteiger partial charge in [-0.25, -0.2) is 0 Å². The zero-order chi connectivity index (χ0) is 19.2. The molecule has 1 atom stereocenters. The highest BCUT2D eigenvalue weighted by Gasteiger charge is 2.49. The van der Waals surface area contributed by atoms with Crippen molar-refractivity contribution in [3.05, 3.63) is 132 Å². The van der Waals surface area contributed by atoms with E-state index in [4.69, 9.17) is 0 Å². The molecule has 0 bridgehead atoms. The number of benzene rings is 4. The fraction of sp³-hybridized carbons (Fsp3) is 0.0769. The maximum Gasteiger partial charge on any atom is 0.158 e. The number of hydrogen-bond donors (Lipinski definition) is 0. The fourth-order valence-electron chi connectivity index (χ4n) is 3.80. The van der Waals surface area contributed by atoms with Gasteiger partial charge in [-0.1, -0.05) is 97.1 Å². The number of alkyl halides is 1. The Labute approximate surface area is 193 Å². The first-order chi connectivity index (χ1) is 13.8. The van der Waals surface area contributed by atoms with Gasteiger partial charge in [0.25, 0.3) is 0 Å². The molecule has 146 valence electrons. The normalized spacial score (nSPS) is 12.0. The molecule has 0 N–H and O–H groups in total. The Hall–Kier alpha value is -1.73. The Balaban J connectivity index is 0.00000240. The zero-order valence-electron chi connectivity index (χ0n) is 16.0. The molecular weight excluding hydrogens is 503 g/mol. The third-order valence-corrected chi connectivity index (χ3v) is 12.2. The molecule has 4 aromatic rings. The molecule has 0 saturated heterocycles. The second kappa shape index (κ2) is 10.3. The van der Waals surface area contributed by atoms with Gasteiger partial charge in [-0.2, -0.15) is 0 Å². The van der Waals surface area contributed by atoms with E-state index in [-0.39, 0.29) is 21.5 Å². The summed E-state index contributed by atoms with van der Waals surface area (Å²) in [5.74, 6) is 0. The average molecular weight is 526 g/mol. The summed E-state index contributed by atoms with van der Waals surface area (Å²) in [5, 5.41) is 2.85. The summed E-state index contributed by atoms with van der Waals surface area (Å²) in [5.41, 5.74) is 2.71. The van der Waals surface area contributed by atoms with E-state index in [1.54, 1.807) is 0 Å². The lowest BCUT2D eigenvalue weighted by Gasteiger charge is -2.32. The molecule has 1 unspecified atom stereocenters. The highest BCUT2D eigenvalue weighted by molar-refractivity contribution is 9.10. The minimum atomic E-state index is -1.82. The van der Waals surface area contributed by atoms with Crippen LogP contribution in [0.25, 0.3) is 0 Å². The molecule has 0 spiro atoms. The van der Waals surface area contributed by atoms with Crippen molar-refractivity contribution >= 4 is 33.8 Å². The van der Waals surface area contributed by atoms with E-state index in [9.17, 15) is 0 Å². The predicted octanol–water partition coefficient (Wildman–Crippen LogP) is 3.95. The van der Waals surface area contributed by atoms with Crippen molar-refractivity contribution in [2.24, 2.45) is 0 Å². The highest BCUT2D eigenvalue weighted by atomic mass is 79.9. The molecule has 0 saturated carbocycles. The average Bonchev–Trinajstić information content (AvgIpc) is 2.79. The topological polar surface area (TPSA) is 0 Å². The lowest BCUT2D eigenvalue weighted by molar-refractivity contribution is -0.00000538. The van der Waals surface area contributed by atoms with Gasteiger partial charge in [0.2, 0.25) is 0 Å². The number of hydrogen-bond acceptors (Lipinski definition) is 0. The maximum atomic E-state index is 4.19. The van der Waals surface area contributed by atoms with Crippen LogP contribution in [0.15, 0.2) is 121 Å². The van der Waals surface area contributed by atoms with Gasteiger partial charge in [-0.3, -0.25) is 0 Å². The van der Waals surface area contributed by atoms with Crippen molar-refractivity contribution in [1.82, 2.24) is 0 Å². The Bertz CT molecular complexity index is 950. The van der Waals surface area contributed by atoms with Crippen LogP contribution in [0.3, 0.4) is 0 Å². The first-order valence-electron chi connectivity index (χ1n) is 9.52. The summed E-state index contributed by atoms with van der Waals surface area (Å²) in [4.78, 5) is 0. The zero-order valence-corrected chi connectivity index (χ0v) is 20.1. The minimum Gasteiger partial charge on any atom is -1.00 e. The molecule has 4 aromatic carbocycles. The molecule has 0 amide bonds. The molecular formula is C26H23Br2P. The van der Waals surface area contributed by atoms with E-state index >= 15 is 0 Å². The van der Waals surface area contributed by atoms with Gasteiger partial charge in [0, 0.05) is 5.56 Å². The van der Waals surface area contributed by atoms with Gasteiger partial charge in [0.15, 0.2) is 4.57 Å². The quantitative estimate of drug-likeness (QED) is 0.264. The molecule has 0 aliphatic heterocycles. The first kappa shape index (κ1) is 22.0. The Kier molecular flexibility index (Phi) is 7.84. The van der Waals surface area contributed by atoms with Gasteiger partial charge in [0.05, 0.1) is 6.16 Å². The van der Waals surface area contributed by atoms with Crippen LogP contribution in [-0.4, -0.2) is 0 Å². The summed E-state index contributed by atoms with van der Waals surface area (Å²) in [6.07, 6.45) is 1.02. The third kappa shape index (κ3) is 4.72. The number of rotatable bonds is 6. The monoisotopic (exact) mass is 524 g/mol. The molecule has 0 aliphatic carbocycles. The van der Waals surface area contributed by atoms with Crippen molar-refractivity contribution in [3.8, 4) is 0 Å². The van der Waals surface area contributed by atoms with Crippen LogP contribution in [-0.2, 0) is 6.16 Å². The minimum absolute atomic E-state index is 0. The molecule has 0 nitrogen and oxygen atoms in total. The SMILES string of the molecule is BrC(c1ccccc1)[P+](Cc1ccccc1)(c1ccccc1)c1ccccc1.[Br-]. The standard InChI is InChI=1S/C26H23BrP.BrH/c27-26(23-15-7-2-8-16-23)28(24-17-9-3-10-18-24,25-19-11-4-12-20-25)21-22-13-5-1-6-14-22;/h1-20,26H,21H2;1H/q+1;/p-1. The van der Waals surface area contributed by atoms with E-state index in [1.165, 1.54) is 21.7 Å². The van der Waals surface area contributed by atoms with Crippen molar-refractivity contribution < 1.29 is 17.0 Å². The van der Waals surface area contributed by atoms with Crippen LogP contribution in [0, 0.1) is 0 Å². The molecule has 0 aromatic heterocycles. The molecule has 0 fully saturated rings. The van der Waals surface area contributed by atoms with Crippen LogP contribution in [0.1, 0.15) is 15.7 Å². The van der Waals surface area contributed by atoms with Crippen LogP contribution in [0.2, 0.25) is 0 Å². The largest absolute Gasteiger partial charge is 1.00 e. The maximum absolute atomic E-state index is 4.19. The predicted molar refractivity (Wildman–Crippen MR) is 127 cm³/mol. The third-order valence-electron chi connectivity index (χ3n) is 5.17. The Morgan fingerprint density at radius 2 is 0.931 bits per heavy atom. The van der Waals surface area contributed by atoms with E-state index in [0.29, 0.717) is 0 Å². The first-order valence-corrected chi connectivity index (χ1v) is 12.5. The molecule has 0 radical (unpaired) electrons. The summed E-state index contributed by atoms with van der Waals surface area (Å²) in [6, 6.07) is 43.9. The molecule has 0 aliphatic rings. The number of halogens is 2. The smallest absolute Gasteiger partial charge is 0.158 e. The second-order valence-corrected chi connectivity index (χ2v) is 12.2. The highest BCUT2D eigenvalue weighted by Crippen LogP contribution is 2.72. The summed E-state index contributed by atoms with van der Waals surface area (Å²) < 4.78 is 0.242. The van der Waals surface area contributed by atoms with Crippen LogP contribution >= 0.6 is 23.2 Å². The van der Waals surface area contributed by atoms with Crippen LogP contribution in [0.5, 0.6) is 0 Å². The molecule has 29 heavy (non-hydrogen) atoms. The van der Waals surface area contributed by atoms with Crippen LogP contribution < -0.4 is 27.6 Å². The van der Waals surface area contributed by atoms with Crippen molar-refractivity contribution in [2.45, 2.75) is 10.7 Å². The van der Waals surface area contributed by atoms with Gasteiger partial charge < -0.3 is 17.0 Å². The van der Waals surface area contributed by atoms with Crippen molar-refractivity contribution in [1.29, 1.82) is 0 Å². The van der Waals surface area contributed by atoms with E-state index in [1.807, 2.05) is 0 Å². The fourth-order valence-corrected chi connectivity index (χ4v) is 10.2. The van der Waals surface area contributed by atoms with Gasteiger partial charge in [-0.15, -0.1) is 0 Å². The molecule has 3 heteroatoms. The summed E-state index contributed by atoms with van der Waals surface area (Å²) in [7, 11) is -1.82. The molecule has 0 heterocycles. The van der Waals surface area contributed by atoms with Gasteiger partial charge >= 0.3 is 0 Å². The lowest BCUT2D eigenvalue weighted by Crippen LogP contribution is -3.00. The van der Waals surface area contributed by atoms with Crippen molar-refractivity contribution in [3.63, 3.8) is 0 Å². The van der Waals surface area contributed by atoms with Gasteiger partial charge in [-0.05, 0) is 45.8 Å². The van der Waals surface area contributed by atoms with Crippen molar-refractivity contribution in [2.75, 3.05) is 0 Å².